The average Bonchev–Trinajstić information content (AvgIpc) is 2.42. The molecule has 1 aromatic rings. The number of aromatic nitrogens is 1. The molecule has 0 unspecified atom stereocenters. The number of pyridine rings is 1. The third kappa shape index (κ3) is 1.56. The highest BCUT2D eigenvalue weighted by Crippen LogP contribution is 2.24. The van der Waals surface area contributed by atoms with Crippen molar-refractivity contribution < 1.29 is 14.3 Å². The van der Waals surface area contributed by atoms with Crippen LogP contribution in [0.2, 0.25) is 0 Å². The summed E-state index contributed by atoms with van der Waals surface area (Å²) in [5.41, 5.74) is 1.31. The Morgan fingerprint density at radius 3 is 3.14 bits per heavy atom. The van der Waals surface area contributed by atoms with Crippen LogP contribution >= 0.6 is 0 Å². The summed E-state index contributed by atoms with van der Waals surface area (Å²) in [5.74, 6) is -0.151. The van der Waals surface area contributed by atoms with Gasteiger partial charge in [-0.3, -0.25) is 14.6 Å². The molecular formula is C9H8N2O3. The summed E-state index contributed by atoms with van der Waals surface area (Å²) in [6.45, 7) is 1.31. The maximum Gasteiger partial charge on any atom is 0.308 e. The van der Waals surface area contributed by atoms with Gasteiger partial charge < -0.3 is 10.1 Å². The zero-order valence-electron chi connectivity index (χ0n) is 7.53. The average molecular weight is 192 g/mol. The molecule has 5 heteroatoms. The van der Waals surface area contributed by atoms with Crippen molar-refractivity contribution in [1.29, 1.82) is 0 Å². The zero-order chi connectivity index (χ0) is 10.1. The number of ether oxygens (including phenoxy) is 1. The Morgan fingerprint density at radius 2 is 2.43 bits per heavy atom. The molecular weight excluding hydrogens is 184 g/mol. The van der Waals surface area contributed by atoms with Crippen molar-refractivity contribution in [3.63, 3.8) is 0 Å². The van der Waals surface area contributed by atoms with Gasteiger partial charge in [0.2, 0.25) is 5.91 Å². The lowest BCUT2D eigenvalue weighted by Crippen LogP contribution is -2.04. The van der Waals surface area contributed by atoms with E-state index in [0.717, 1.165) is 0 Å². The minimum atomic E-state index is -0.406. The highest BCUT2D eigenvalue weighted by molar-refractivity contribution is 5.98. The summed E-state index contributed by atoms with van der Waals surface area (Å²) in [6, 6.07) is 1.59. The first kappa shape index (κ1) is 8.68. The van der Waals surface area contributed by atoms with Crippen LogP contribution in [0.4, 0.5) is 5.69 Å². The first-order chi connectivity index (χ1) is 6.65. The number of rotatable bonds is 1. The molecule has 2 heterocycles. The Morgan fingerprint density at radius 1 is 1.64 bits per heavy atom. The van der Waals surface area contributed by atoms with Crippen molar-refractivity contribution in [2.75, 3.05) is 5.32 Å². The van der Waals surface area contributed by atoms with Crippen LogP contribution in [-0.4, -0.2) is 16.9 Å². The Kier molecular flexibility index (Phi) is 1.92. The molecule has 5 nitrogen and oxygen atoms in total. The lowest BCUT2D eigenvalue weighted by atomic mass is 10.3. The number of carbonyl (C=O) groups excluding carboxylic acids is 2. The maximum absolute atomic E-state index is 11.0. The molecule has 1 aliphatic heterocycles. The molecule has 0 aromatic carbocycles. The van der Waals surface area contributed by atoms with Gasteiger partial charge in [0, 0.05) is 13.0 Å². The largest absolute Gasteiger partial charge is 0.425 e. The Balaban J connectivity index is 2.28. The molecule has 1 N–H and O–H groups in total. The van der Waals surface area contributed by atoms with Gasteiger partial charge in [-0.05, 0) is 0 Å². The number of nitrogens with one attached hydrogen (secondary N) is 1. The van der Waals surface area contributed by atoms with E-state index in [-0.39, 0.29) is 12.3 Å². The number of amides is 1. The number of esters is 1. The van der Waals surface area contributed by atoms with Crippen molar-refractivity contribution in [2.45, 2.75) is 13.3 Å². The normalized spacial score (nSPS) is 13.4. The molecule has 72 valence electrons. The van der Waals surface area contributed by atoms with Crippen LogP contribution in [0.1, 0.15) is 12.6 Å². The molecule has 0 bridgehead atoms. The number of fused-ring (bicyclic) bond motifs is 1. The fourth-order valence-corrected chi connectivity index (χ4v) is 1.29. The molecule has 1 aromatic heterocycles. The van der Waals surface area contributed by atoms with Gasteiger partial charge in [-0.25, -0.2) is 0 Å². The topological polar surface area (TPSA) is 68.3 Å². The van der Waals surface area contributed by atoms with E-state index in [1.54, 1.807) is 6.07 Å². The molecule has 2 rings (SSSR count). The quantitative estimate of drug-likeness (QED) is 0.658. The van der Waals surface area contributed by atoms with Gasteiger partial charge >= 0.3 is 5.97 Å². The lowest BCUT2D eigenvalue weighted by molar-refractivity contribution is -0.131. The number of nitrogens with zero attached hydrogens (tertiary/aromatic N) is 1. The SMILES string of the molecule is CC(=O)Oc1cnc2c(c1)NC(=O)C2. The number of hydrogen-bond acceptors (Lipinski definition) is 4. The van der Waals surface area contributed by atoms with Crippen molar-refractivity contribution in [3.8, 4) is 5.75 Å². The molecule has 14 heavy (non-hydrogen) atoms. The lowest BCUT2D eigenvalue weighted by Gasteiger charge is -2.02. The molecule has 0 spiro atoms. The first-order valence-electron chi connectivity index (χ1n) is 4.12. The summed E-state index contributed by atoms with van der Waals surface area (Å²) < 4.78 is 4.82. The van der Waals surface area contributed by atoms with E-state index in [0.29, 0.717) is 17.1 Å². The number of hydrogen-bond donors (Lipinski definition) is 1. The summed E-state index contributed by atoms with van der Waals surface area (Å²) in [4.78, 5) is 25.6. The second-order valence-corrected chi connectivity index (χ2v) is 2.98. The predicted octanol–water partition coefficient (Wildman–Crippen LogP) is 0.502. The van der Waals surface area contributed by atoms with Crippen LogP contribution in [0, 0.1) is 0 Å². The van der Waals surface area contributed by atoms with E-state index in [4.69, 9.17) is 4.74 Å². The minimum Gasteiger partial charge on any atom is -0.425 e. The van der Waals surface area contributed by atoms with Gasteiger partial charge in [-0.1, -0.05) is 0 Å². The van der Waals surface area contributed by atoms with Crippen LogP contribution in [0.5, 0.6) is 5.75 Å². The van der Waals surface area contributed by atoms with Gasteiger partial charge in [-0.15, -0.1) is 0 Å². The second-order valence-electron chi connectivity index (χ2n) is 2.98. The standard InChI is InChI=1S/C9H8N2O3/c1-5(12)14-6-2-8-7(10-4-6)3-9(13)11-8/h2,4H,3H2,1H3,(H,11,13). The van der Waals surface area contributed by atoms with Crippen LogP contribution in [-0.2, 0) is 16.0 Å². The van der Waals surface area contributed by atoms with Gasteiger partial charge in [-0.2, -0.15) is 0 Å². The van der Waals surface area contributed by atoms with Gasteiger partial charge in [0.1, 0.15) is 0 Å². The van der Waals surface area contributed by atoms with Gasteiger partial charge in [0.15, 0.2) is 5.75 Å². The van der Waals surface area contributed by atoms with Crippen LogP contribution in [0.15, 0.2) is 12.3 Å². The molecule has 0 fully saturated rings. The molecule has 0 aliphatic carbocycles. The molecule has 0 saturated heterocycles. The van der Waals surface area contributed by atoms with Crippen molar-refractivity contribution in [3.05, 3.63) is 18.0 Å². The fourth-order valence-electron chi connectivity index (χ4n) is 1.29. The van der Waals surface area contributed by atoms with Crippen LogP contribution in [0.3, 0.4) is 0 Å². The monoisotopic (exact) mass is 192 g/mol. The molecule has 0 saturated carbocycles. The summed E-state index contributed by atoms with van der Waals surface area (Å²) in [6.07, 6.45) is 1.72. The Hall–Kier alpha value is -1.91. The smallest absolute Gasteiger partial charge is 0.308 e. The summed E-state index contributed by atoms with van der Waals surface area (Å²) >= 11 is 0. The molecule has 1 amide bonds. The van der Waals surface area contributed by atoms with Crippen molar-refractivity contribution >= 4 is 17.6 Å². The summed E-state index contributed by atoms with van der Waals surface area (Å²) in [5, 5.41) is 2.62. The minimum absolute atomic E-state index is 0.0903. The first-order valence-corrected chi connectivity index (χ1v) is 4.12. The van der Waals surface area contributed by atoms with E-state index in [1.807, 2.05) is 0 Å². The highest BCUT2D eigenvalue weighted by Gasteiger charge is 2.19. The molecule has 0 atom stereocenters. The van der Waals surface area contributed by atoms with Crippen molar-refractivity contribution in [2.24, 2.45) is 0 Å². The second kappa shape index (κ2) is 3.10. The predicted molar refractivity (Wildman–Crippen MR) is 47.9 cm³/mol. The fraction of sp³-hybridized carbons (Fsp3) is 0.222. The molecule has 0 radical (unpaired) electrons. The maximum atomic E-state index is 11.0. The Labute approximate surface area is 80.1 Å². The third-order valence-corrected chi connectivity index (χ3v) is 1.81. The summed E-state index contributed by atoms with van der Waals surface area (Å²) in [7, 11) is 0. The van der Waals surface area contributed by atoms with Crippen LogP contribution in [0.25, 0.3) is 0 Å². The number of carbonyl (C=O) groups is 2. The number of anilines is 1. The van der Waals surface area contributed by atoms with E-state index in [9.17, 15) is 9.59 Å². The van der Waals surface area contributed by atoms with E-state index >= 15 is 0 Å². The van der Waals surface area contributed by atoms with E-state index in [1.165, 1.54) is 13.1 Å². The molecule has 1 aliphatic rings. The highest BCUT2D eigenvalue weighted by atomic mass is 16.5. The van der Waals surface area contributed by atoms with Crippen molar-refractivity contribution in [1.82, 2.24) is 4.98 Å². The zero-order valence-corrected chi connectivity index (χ0v) is 7.53. The van der Waals surface area contributed by atoms with Crippen LogP contribution < -0.4 is 10.1 Å². The van der Waals surface area contributed by atoms with Gasteiger partial charge in [0.25, 0.3) is 0 Å². The van der Waals surface area contributed by atoms with Gasteiger partial charge in [0.05, 0.1) is 24.0 Å². The third-order valence-electron chi connectivity index (χ3n) is 1.81. The van der Waals surface area contributed by atoms with E-state index in [2.05, 4.69) is 10.3 Å². The van der Waals surface area contributed by atoms with E-state index < -0.39 is 5.97 Å². The Bertz CT molecular complexity index is 415.